The van der Waals surface area contributed by atoms with Crippen LogP contribution in [-0.4, -0.2) is 17.3 Å². The average Bonchev–Trinajstić information content (AvgIpc) is 2.34. The van der Waals surface area contributed by atoms with Gasteiger partial charge in [-0.2, -0.15) is 0 Å². The van der Waals surface area contributed by atoms with E-state index in [4.69, 9.17) is 0 Å². The molecule has 2 nitrogen and oxygen atoms in total. The molecule has 2 aromatic rings. The summed E-state index contributed by atoms with van der Waals surface area (Å²) < 4.78 is 0. The number of fused-ring (bicyclic) bond motifs is 1. The number of anilines is 1. The van der Waals surface area contributed by atoms with Gasteiger partial charge in [-0.25, -0.2) is 0 Å². The summed E-state index contributed by atoms with van der Waals surface area (Å²) in [7, 11) is 0. The van der Waals surface area contributed by atoms with Crippen LogP contribution < -0.4 is 5.32 Å². The van der Waals surface area contributed by atoms with Gasteiger partial charge in [0.1, 0.15) is 0 Å². The summed E-state index contributed by atoms with van der Waals surface area (Å²) in [5, 5.41) is 15.9. The monoisotopic (exact) mass is 227 g/mol. The van der Waals surface area contributed by atoms with Crippen molar-refractivity contribution >= 4 is 16.5 Å². The van der Waals surface area contributed by atoms with E-state index in [0.717, 1.165) is 24.9 Å². The Kier molecular flexibility index (Phi) is 2.52. The standard InChI is InChI=1S/C15H17NO/c17-15(9-4-10-15)11-16-14-8-3-6-12-5-1-2-7-13(12)14/h1-3,5-8,16-17H,4,9-11H2. The van der Waals surface area contributed by atoms with Gasteiger partial charge in [-0.3, -0.25) is 0 Å². The topological polar surface area (TPSA) is 32.3 Å². The van der Waals surface area contributed by atoms with Gasteiger partial charge >= 0.3 is 0 Å². The molecule has 0 unspecified atom stereocenters. The van der Waals surface area contributed by atoms with Crippen LogP contribution in [0.15, 0.2) is 42.5 Å². The van der Waals surface area contributed by atoms with Gasteiger partial charge < -0.3 is 10.4 Å². The molecule has 0 bridgehead atoms. The smallest absolute Gasteiger partial charge is 0.0819 e. The van der Waals surface area contributed by atoms with E-state index in [-0.39, 0.29) is 0 Å². The lowest BCUT2D eigenvalue weighted by molar-refractivity contribution is -0.0201. The third-order valence-corrected chi connectivity index (χ3v) is 3.68. The molecular formula is C15H17NO. The highest BCUT2D eigenvalue weighted by molar-refractivity contribution is 5.93. The second-order valence-electron chi connectivity index (χ2n) is 4.96. The lowest BCUT2D eigenvalue weighted by Crippen LogP contribution is -2.43. The van der Waals surface area contributed by atoms with Crippen LogP contribution in [0.1, 0.15) is 19.3 Å². The first kappa shape index (κ1) is 10.6. The van der Waals surface area contributed by atoms with Crippen LogP contribution in [0.25, 0.3) is 10.8 Å². The SMILES string of the molecule is OC1(CNc2cccc3ccccc23)CCC1. The minimum Gasteiger partial charge on any atom is -0.388 e. The Morgan fingerprint density at radius 3 is 2.59 bits per heavy atom. The van der Waals surface area contributed by atoms with Crippen molar-refractivity contribution in [2.24, 2.45) is 0 Å². The molecule has 0 saturated heterocycles. The van der Waals surface area contributed by atoms with E-state index in [2.05, 4.69) is 35.6 Å². The van der Waals surface area contributed by atoms with E-state index in [1.165, 1.54) is 10.8 Å². The maximum Gasteiger partial charge on any atom is 0.0819 e. The van der Waals surface area contributed by atoms with Crippen molar-refractivity contribution in [1.29, 1.82) is 0 Å². The molecule has 1 saturated carbocycles. The summed E-state index contributed by atoms with van der Waals surface area (Å²) in [5.74, 6) is 0. The molecule has 0 atom stereocenters. The molecule has 2 aromatic carbocycles. The van der Waals surface area contributed by atoms with Crippen LogP contribution in [0.5, 0.6) is 0 Å². The van der Waals surface area contributed by atoms with Crippen LogP contribution in [0.4, 0.5) is 5.69 Å². The zero-order valence-corrected chi connectivity index (χ0v) is 9.82. The zero-order chi connectivity index (χ0) is 11.7. The summed E-state index contributed by atoms with van der Waals surface area (Å²) in [5.41, 5.74) is 0.639. The molecule has 3 rings (SSSR count). The van der Waals surface area contributed by atoms with Crippen molar-refractivity contribution in [3.8, 4) is 0 Å². The van der Waals surface area contributed by atoms with Gasteiger partial charge in [0, 0.05) is 17.6 Å². The Labute approximate surface area is 101 Å². The van der Waals surface area contributed by atoms with Gasteiger partial charge in [-0.05, 0) is 30.7 Å². The highest BCUT2D eigenvalue weighted by atomic mass is 16.3. The van der Waals surface area contributed by atoms with Gasteiger partial charge in [-0.15, -0.1) is 0 Å². The van der Waals surface area contributed by atoms with Gasteiger partial charge in [0.15, 0.2) is 0 Å². The molecule has 88 valence electrons. The Balaban J connectivity index is 1.85. The fourth-order valence-electron chi connectivity index (χ4n) is 2.40. The van der Waals surface area contributed by atoms with E-state index >= 15 is 0 Å². The Bertz CT molecular complexity index is 526. The molecule has 1 aliphatic rings. The van der Waals surface area contributed by atoms with Crippen molar-refractivity contribution in [2.45, 2.75) is 24.9 Å². The Hall–Kier alpha value is -1.54. The highest BCUT2D eigenvalue weighted by Crippen LogP contribution is 2.32. The first-order chi connectivity index (χ1) is 8.27. The van der Waals surface area contributed by atoms with Crippen molar-refractivity contribution in [2.75, 3.05) is 11.9 Å². The summed E-state index contributed by atoms with van der Waals surface area (Å²) in [6, 6.07) is 14.6. The number of rotatable bonds is 3. The highest BCUT2D eigenvalue weighted by Gasteiger charge is 2.33. The number of hydrogen-bond acceptors (Lipinski definition) is 2. The quantitative estimate of drug-likeness (QED) is 0.844. The fraction of sp³-hybridized carbons (Fsp3) is 0.333. The van der Waals surface area contributed by atoms with E-state index in [0.29, 0.717) is 6.54 Å². The van der Waals surface area contributed by atoms with Crippen LogP contribution in [0.2, 0.25) is 0 Å². The van der Waals surface area contributed by atoms with E-state index in [1.54, 1.807) is 0 Å². The van der Waals surface area contributed by atoms with E-state index in [1.807, 2.05) is 12.1 Å². The average molecular weight is 227 g/mol. The Morgan fingerprint density at radius 1 is 1.06 bits per heavy atom. The zero-order valence-electron chi connectivity index (χ0n) is 9.82. The third-order valence-electron chi connectivity index (χ3n) is 3.68. The maximum atomic E-state index is 10.1. The molecule has 0 aliphatic heterocycles. The summed E-state index contributed by atoms with van der Waals surface area (Å²) in [6.07, 6.45) is 2.99. The largest absolute Gasteiger partial charge is 0.388 e. The van der Waals surface area contributed by atoms with Crippen molar-refractivity contribution in [3.05, 3.63) is 42.5 Å². The van der Waals surface area contributed by atoms with Gasteiger partial charge in [0.25, 0.3) is 0 Å². The predicted octanol–water partition coefficient (Wildman–Crippen LogP) is 3.17. The van der Waals surface area contributed by atoms with Gasteiger partial charge in [0.2, 0.25) is 0 Å². The summed E-state index contributed by atoms with van der Waals surface area (Å²) in [4.78, 5) is 0. The van der Waals surface area contributed by atoms with Gasteiger partial charge in [0.05, 0.1) is 5.60 Å². The third kappa shape index (κ3) is 2.01. The van der Waals surface area contributed by atoms with E-state index in [9.17, 15) is 5.11 Å². The van der Waals surface area contributed by atoms with Crippen LogP contribution in [-0.2, 0) is 0 Å². The van der Waals surface area contributed by atoms with Gasteiger partial charge in [-0.1, -0.05) is 36.4 Å². The lowest BCUT2D eigenvalue weighted by Gasteiger charge is -2.37. The predicted molar refractivity (Wildman–Crippen MR) is 71.2 cm³/mol. The molecule has 17 heavy (non-hydrogen) atoms. The van der Waals surface area contributed by atoms with Crippen molar-refractivity contribution in [3.63, 3.8) is 0 Å². The molecule has 1 aliphatic carbocycles. The molecule has 0 amide bonds. The molecule has 0 aromatic heterocycles. The second-order valence-corrected chi connectivity index (χ2v) is 4.96. The summed E-state index contributed by atoms with van der Waals surface area (Å²) in [6.45, 7) is 0.654. The lowest BCUT2D eigenvalue weighted by atomic mass is 9.80. The number of aliphatic hydroxyl groups is 1. The molecule has 0 radical (unpaired) electrons. The summed E-state index contributed by atoms with van der Waals surface area (Å²) >= 11 is 0. The Morgan fingerprint density at radius 2 is 1.82 bits per heavy atom. The molecule has 0 spiro atoms. The van der Waals surface area contributed by atoms with Crippen LogP contribution >= 0.6 is 0 Å². The maximum absolute atomic E-state index is 10.1. The van der Waals surface area contributed by atoms with Crippen molar-refractivity contribution < 1.29 is 5.11 Å². The molecule has 2 N–H and O–H groups in total. The fourth-order valence-corrected chi connectivity index (χ4v) is 2.40. The first-order valence-corrected chi connectivity index (χ1v) is 6.21. The van der Waals surface area contributed by atoms with Crippen LogP contribution in [0, 0.1) is 0 Å². The van der Waals surface area contributed by atoms with E-state index < -0.39 is 5.60 Å². The second kappa shape index (κ2) is 4.04. The normalized spacial score (nSPS) is 17.7. The number of nitrogens with one attached hydrogen (secondary N) is 1. The minimum atomic E-state index is -0.475. The van der Waals surface area contributed by atoms with Crippen molar-refractivity contribution in [1.82, 2.24) is 0 Å². The number of hydrogen-bond donors (Lipinski definition) is 2. The molecule has 2 heteroatoms. The molecule has 1 fully saturated rings. The minimum absolute atomic E-state index is 0.475. The molecular weight excluding hydrogens is 210 g/mol. The van der Waals surface area contributed by atoms with Crippen LogP contribution in [0.3, 0.4) is 0 Å². The first-order valence-electron chi connectivity index (χ1n) is 6.21. The number of benzene rings is 2. The molecule has 0 heterocycles.